The molecule has 1 unspecified atom stereocenters. The van der Waals surface area contributed by atoms with Crippen LogP contribution in [0, 0.1) is 0 Å². The van der Waals surface area contributed by atoms with Gasteiger partial charge in [0.05, 0.1) is 0 Å². The number of fused-ring (bicyclic) bond motifs is 1. The van der Waals surface area contributed by atoms with Gasteiger partial charge in [0.1, 0.15) is 10.7 Å². The van der Waals surface area contributed by atoms with Crippen LogP contribution >= 0.6 is 0 Å². The average Bonchev–Trinajstić information content (AvgIpc) is 3.52. The standard InChI is InChI=1S/C25H26N4O2S/c30-32(31,29-14-6-7-15-29)20-12-13-25(27-16-20)28-17-22(19-8-2-1-3-9-19)23-18-26-24-11-5-4-10-21(23)24/h1-5,8-13,16,18,22,26H,6-7,14-15,17H2,(H,27,28). The van der Waals surface area contributed by atoms with Crippen molar-refractivity contribution in [2.45, 2.75) is 23.7 Å². The van der Waals surface area contributed by atoms with Crippen LogP contribution in [0.3, 0.4) is 0 Å². The molecule has 0 spiro atoms. The number of hydrogen-bond acceptors (Lipinski definition) is 4. The number of para-hydroxylation sites is 1. The van der Waals surface area contributed by atoms with Gasteiger partial charge in [-0.3, -0.25) is 0 Å². The van der Waals surface area contributed by atoms with Crippen molar-refractivity contribution in [2.75, 3.05) is 25.0 Å². The first kappa shape index (κ1) is 20.7. The van der Waals surface area contributed by atoms with Crippen molar-refractivity contribution >= 4 is 26.7 Å². The van der Waals surface area contributed by atoms with Crippen LogP contribution in [0.2, 0.25) is 0 Å². The zero-order valence-electron chi connectivity index (χ0n) is 17.7. The monoisotopic (exact) mass is 446 g/mol. The molecule has 0 amide bonds. The lowest BCUT2D eigenvalue weighted by molar-refractivity contribution is 0.477. The van der Waals surface area contributed by atoms with Crippen LogP contribution in [0.15, 0.2) is 84.0 Å². The van der Waals surface area contributed by atoms with E-state index in [0.717, 1.165) is 18.4 Å². The lowest BCUT2D eigenvalue weighted by Crippen LogP contribution is -2.28. The highest BCUT2D eigenvalue weighted by atomic mass is 32.2. The number of anilines is 1. The number of aromatic amines is 1. The van der Waals surface area contributed by atoms with Crippen LogP contribution < -0.4 is 5.32 Å². The van der Waals surface area contributed by atoms with E-state index in [-0.39, 0.29) is 10.8 Å². The van der Waals surface area contributed by atoms with Crippen LogP contribution in [0.25, 0.3) is 10.9 Å². The Morgan fingerprint density at radius 3 is 2.47 bits per heavy atom. The Hall–Kier alpha value is -3.16. The topological polar surface area (TPSA) is 78.1 Å². The second-order valence-corrected chi connectivity index (χ2v) is 10.1. The molecule has 1 aliphatic rings. The molecule has 1 atom stereocenters. The molecule has 0 aliphatic carbocycles. The normalized spacial score (nSPS) is 15.8. The van der Waals surface area contributed by atoms with Gasteiger partial charge in [0, 0.05) is 48.8 Å². The van der Waals surface area contributed by atoms with Gasteiger partial charge < -0.3 is 10.3 Å². The van der Waals surface area contributed by atoms with Crippen molar-refractivity contribution in [1.82, 2.24) is 14.3 Å². The van der Waals surface area contributed by atoms with Gasteiger partial charge in [-0.05, 0) is 42.2 Å². The van der Waals surface area contributed by atoms with Gasteiger partial charge in [0.25, 0.3) is 0 Å². The number of nitrogens with one attached hydrogen (secondary N) is 2. The van der Waals surface area contributed by atoms with E-state index in [1.54, 1.807) is 16.4 Å². The van der Waals surface area contributed by atoms with Gasteiger partial charge in [0.2, 0.25) is 10.0 Å². The summed E-state index contributed by atoms with van der Waals surface area (Å²) >= 11 is 0. The smallest absolute Gasteiger partial charge is 0.244 e. The third kappa shape index (κ3) is 4.01. The van der Waals surface area contributed by atoms with Crippen LogP contribution in [0.4, 0.5) is 5.82 Å². The molecule has 1 aliphatic heterocycles. The fraction of sp³-hybridized carbons (Fsp3) is 0.240. The summed E-state index contributed by atoms with van der Waals surface area (Å²) in [5.74, 6) is 0.772. The molecule has 1 saturated heterocycles. The fourth-order valence-electron chi connectivity index (χ4n) is 4.40. The fourth-order valence-corrected chi connectivity index (χ4v) is 5.86. The van der Waals surface area contributed by atoms with Crippen LogP contribution in [-0.4, -0.2) is 42.3 Å². The highest BCUT2D eigenvalue weighted by Gasteiger charge is 2.27. The Bertz CT molecular complexity index is 1290. The largest absolute Gasteiger partial charge is 0.369 e. The third-order valence-electron chi connectivity index (χ3n) is 6.13. The third-order valence-corrected chi connectivity index (χ3v) is 8.01. The van der Waals surface area contributed by atoms with Gasteiger partial charge in [0.15, 0.2) is 0 Å². The maximum atomic E-state index is 12.7. The molecule has 0 bridgehead atoms. The molecule has 2 aromatic heterocycles. The highest BCUT2D eigenvalue weighted by molar-refractivity contribution is 7.89. The van der Waals surface area contributed by atoms with Crippen LogP contribution in [0.1, 0.15) is 29.9 Å². The lowest BCUT2D eigenvalue weighted by Gasteiger charge is -2.19. The number of nitrogens with zero attached hydrogens (tertiary/aromatic N) is 2. The maximum Gasteiger partial charge on any atom is 0.244 e. The number of pyridine rings is 1. The van der Waals surface area contributed by atoms with Gasteiger partial charge in [-0.15, -0.1) is 0 Å². The Kier molecular flexibility index (Phi) is 5.68. The average molecular weight is 447 g/mol. The molecule has 32 heavy (non-hydrogen) atoms. The summed E-state index contributed by atoms with van der Waals surface area (Å²) in [6.07, 6.45) is 5.37. The Morgan fingerprint density at radius 1 is 0.969 bits per heavy atom. The van der Waals surface area contributed by atoms with Crippen molar-refractivity contribution < 1.29 is 8.42 Å². The van der Waals surface area contributed by atoms with E-state index < -0.39 is 10.0 Å². The summed E-state index contributed by atoms with van der Waals surface area (Å²) in [4.78, 5) is 8.02. The SMILES string of the molecule is O=S(=O)(c1ccc(NCC(c2ccccc2)c2c[nH]c3ccccc23)nc1)N1CCCC1. The molecule has 7 heteroatoms. The molecular weight excluding hydrogens is 420 g/mol. The van der Waals surface area contributed by atoms with E-state index in [2.05, 4.69) is 51.8 Å². The predicted octanol–water partition coefficient (Wildman–Crippen LogP) is 4.59. The first-order chi connectivity index (χ1) is 15.6. The van der Waals surface area contributed by atoms with Gasteiger partial charge in [-0.1, -0.05) is 48.5 Å². The quantitative estimate of drug-likeness (QED) is 0.435. The number of hydrogen-bond donors (Lipinski definition) is 2. The Labute approximate surface area is 188 Å². The van der Waals surface area contributed by atoms with E-state index in [1.807, 2.05) is 24.3 Å². The number of benzene rings is 2. The molecule has 0 saturated carbocycles. The van der Waals surface area contributed by atoms with Crippen molar-refractivity contribution in [1.29, 1.82) is 0 Å². The molecular formula is C25H26N4O2S. The van der Waals surface area contributed by atoms with E-state index in [9.17, 15) is 8.42 Å². The summed E-state index contributed by atoms with van der Waals surface area (Å²) in [7, 11) is -3.45. The van der Waals surface area contributed by atoms with Gasteiger partial charge in [-0.25, -0.2) is 13.4 Å². The summed E-state index contributed by atoms with van der Waals surface area (Å²) < 4.78 is 27.0. The number of H-pyrrole nitrogens is 1. The van der Waals surface area contributed by atoms with Crippen molar-refractivity contribution in [3.05, 3.63) is 90.3 Å². The summed E-state index contributed by atoms with van der Waals surface area (Å²) in [5.41, 5.74) is 3.53. The van der Waals surface area contributed by atoms with Gasteiger partial charge >= 0.3 is 0 Å². The van der Waals surface area contributed by atoms with Crippen molar-refractivity contribution in [2.24, 2.45) is 0 Å². The maximum absolute atomic E-state index is 12.7. The minimum absolute atomic E-state index is 0.113. The number of rotatable bonds is 7. The molecule has 1 fully saturated rings. The van der Waals surface area contributed by atoms with Crippen molar-refractivity contribution in [3.8, 4) is 0 Å². The molecule has 3 heterocycles. The van der Waals surface area contributed by atoms with Gasteiger partial charge in [-0.2, -0.15) is 4.31 Å². The second kappa shape index (κ2) is 8.76. The predicted molar refractivity (Wildman–Crippen MR) is 127 cm³/mol. The zero-order valence-corrected chi connectivity index (χ0v) is 18.6. The zero-order chi connectivity index (χ0) is 22.0. The minimum Gasteiger partial charge on any atom is -0.369 e. The first-order valence-corrected chi connectivity index (χ1v) is 12.4. The Balaban J connectivity index is 1.38. The Morgan fingerprint density at radius 2 is 1.72 bits per heavy atom. The van der Waals surface area contributed by atoms with E-state index in [1.165, 1.54) is 22.7 Å². The molecule has 6 nitrogen and oxygen atoms in total. The summed E-state index contributed by atoms with van der Waals surface area (Å²) in [6.45, 7) is 1.81. The summed E-state index contributed by atoms with van der Waals surface area (Å²) in [5, 5.41) is 4.61. The molecule has 4 aromatic rings. The molecule has 164 valence electrons. The van der Waals surface area contributed by atoms with Crippen LogP contribution in [0.5, 0.6) is 0 Å². The van der Waals surface area contributed by atoms with E-state index >= 15 is 0 Å². The van der Waals surface area contributed by atoms with Crippen molar-refractivity contribution in [3.63, 3.8) is 0 Å². The van der Waals surface area contributed by atoms with E-state index in [4.69, 9.17) is 0 Å². The lowest BCUT2D eigenvalue weighted by atomic mass is 9.91. The number of aromatic nitrogens is 2. The molecule has 0 radical (unpaired) electrons. The highest BCUT2D eigenvalue weighted by Crippen LogP contribution is 2.31. The van der Waals surface area contributed by atoms with Crippen LogP contribution in [-0.2, 0) is 10.0 Å². The second-order valence-electron chi connectivity index (χ2n) is 8.12. The molecule has 2 N–H and O–H groups in total. The molecule has 5 rings (SSSR count). The number of sulfonamides is 1. The first-order valence-electron chi connectivity index (χ1n) is 10.9. The van der Waals surface area contributed by atoms with E-state index in [0.29, 0.717) is 25.5 Å². The minimum atomic E-state index is -3.45. The molecule has 2 aromatic carbocycles. The summed E-state index contributed by atoms with van der Waals surface area (Å²) in [6, 6.07) is 22.1.